The van der Waals surface area contributed by atoms with Crippen LogP contribution >= 0.6 is 0 Å². The largest absolute Gasteiger partial charge is 0.426 e. The Hall–Kier alpha value is -1.71. The first-order valence-electron chi connectivity index (χ1n) is 4.82. The van der Waals surface area contributed by atoms with Gasteiger partial charge < -0.3 is 15.4 Å². The van der Waals surface area contributed by atoms with Crippen LogP contribution in [0.25, 0.3) is 0 Å². The van der Waals surface area contributed by atoms with Crippen molar-refractivity contribution in [2.45, 2.75) is 13.3 Å². The van der Waals surface area contributed by atoms with E-state index >= 15 is 0 Å². The number of anilines is 2. The quantitative estimate of drug-likeness (QED) is 0.466. The molecule has 82 valence electrons. The fourth-order valence-electron chi connectivity index (χ4n) is 1.18. The van der Waals surface area contributed by atoms with Crippen LogP contribution in [-0.2, 0) is 4.79 Å². The second-order valence-electron chi connectivity index (χ2n) is 3.44. The number of esters is 1. The van der Waals surface area contributed by atoms with Gasteiger partial charge in [0.2, 0.25) is 0 Å². The summed E-state index contributed by atoms with van der Waals surface area (Å²) in [6.07, 6.45) is 0.363. The molecule has 0 aliphatic heterocycles. The van der Waals surface area contributed by atoms with Crippen LogP contribution < -0.4 is 15.4 Å². The maximum absolute atomic E-state index is 11.1. The van der Waals surface area contributed by atoms with Gasteiger partial charge in [0.05, 0.1) is 11.4 Å². The summed E-state index contributed by atoms with van der Waals surface area (Å²) in [5.74, 6) is 0.282. The summed E-state index contributed by atoms with van der Waals surface area (Å²) in [7, 11) is 3.77. The van der Waals surface area contributed by atoms with E-state index in [-0.39, 0.29) is 5.97 Å². The van der Waals surface area contributed by atoms with Gasteiger partial charge >= 0.3 is 5.97 Å². The Bertz CT molecular complexity index is 362. The van der Waals surface area contributed by atoms with Crippen molar-refractivity contribution in [1.82, 2.24) is 0 Å². The van der Waals surface area contributed by atoms with Gasteiger partial charge in [0.25, 0.3) is 0 Å². The van der Waals surface area contributed by atoms with E-state index in [1.54, 1.807) is 25.1 Å². The Balaban J connectivity index is 2.92. The highest BCUT2D eigenvalue weighted by molar-refractivity contribution is 5.74. The van der Waals surface area contributed by atoms with Crippen molar-refractivity contribution in [3.8, 4) is 5.75 Å². The van der Waals surface area contributed by atoms with Gasteiger partial charge in [0, 0.05) is 26.6 Å². The Morgan fingerprint density at radius 3 is 2.67 bits per heavy atom. The molecule has 2 N–H and O–H groups in total. The normalized spacial score (nSPS) is 9.80. The van der Waals surface area contributed by atoms with E-state index in [4.69, 9.17) is 10.5 Å². The minimum Gasteiger partial charge on any atom is -0.426 e. The topological polar surface area (TPSA) is 55.6 Å². The molecule has 0 amide bonds. The molecule has 0 fully saturated rings. The van der Waals surface area contributed by atoms with Crippen molar-refractivity contribution in [3.63, 3.8) is 0 Å². The van der Waals surface area contributed by atoms with Crippen LogP contribution in [0, 0.1) is 0 Å². The van der Waals surface area contributed by atoms with Gasteiger partial charge in [-0.15, -0.1) is 0 Å². The summed E-state index contributed by atoms with van der Waals surface area (Å²) < 4.78 is 5.09. The monoisotopic (exact) mass is 208 g/mol. The molecule has 1 aromatic rings. The lowest BCUT2D eigenvalue weighted by atomic mass is 10.2. The lowest BCUT2D eigenvalue weighted by molar-refractivity contribution is -0.134. The highest BCUT2D eigenvalue weighted by Gasteiger charge is 2.06. The summed E-state index contributed by atoms with van der Waals surface area (Å²) in [4.78, 5) is 13.0. The molecule has 4 heteroatoms. The van der Waals surface area contributed by atoms with Crippen molar-refractivity contribution in [1.29, 1.82) is 0 Å². The third-order valence-electron chi connectivity index (χ3n) is 2.00. The van der Waals surface area contributed by atoms with Crippen molar-refractivity contribution < 1.29 is 9.53 Å². The molecule has 0 bridgehead atoms. The maximum atomic E-state index is 11.1. The number of carbonyl (C=O) groups excluding carboxylic acids is 1. The second-order valence-corrected chi connectivity index (χ2v) is 3.44. The molecule has 0 saturated heterocycles. The Morgan fingerprint density at radius 1 is 1.47 bits per heavy atom. The zero-order valence-corrected chi connectivity index (χ0v) is 9.28. The Kier molecular flexibility index (Phi) is 3.55. The average molecular weight is 208 g/mol. The second kappa shape index (κ2) is 4.68. The van der Waals surface area contributed by atoms with Crippen molar-refractivity contribution in [2.24, 2.45) is 0 Å². The number of benzene rings is 1. The molecule has 0 saturated carbocycles. The molecule has 0 aliphatic carbocycles. The van der Waals surface area contributed by atoms with E-state index in [1.807, 2.05) is 19.0 Å². The molecule has 0 atom stereocenters. The first kappa shape index (κ1) is 11.4. The van der Waals surface area contributed by atoms with Crippen LogP contribution in [-0.4, -0.2) is 20.1 Å². The average Bonchev–Trinajstić information content (AvgIpc) is 2.20. The summed E-state index contributed by atoms with van der Waals surface area (Å²) in [5, 5.41) is 0. The van der Waals surface area contributed by atoms with Crippen molar-refractivity contribution in [2.75, 3.05) is 24.7 Å². The smallest absolute Gasteiger partial charge is 0.310 e. The molecule has 0 heterocycles. The number of nitrogen functional groups attached to an aromatic ring is 1. The van der Waals surface area contributed by atoms with Gasteiger partial charge in [-0.1, -0.05) is 6.92 Å². The fraction of sp³-hybridized carbons (Fsp3) is 0.364. The number of hydrogen-bond donors (Lipinski definition) is 1. The summed E-state index contributed by atoms with van der Waals surface area (Å²) in [6.45, 7) is 1.76. The van der Waals surface area contributed by atoms with E-state index in [0.717, 1.165) is 5.69 Å². The third kappa shape index (κ3) is 2.87. The molecule has 1 aromatic carbocycles. The minimum absolute atomic E-state index is 0.246. The first-order chi connectivity index (χ1) is 7.04. The molecule has 0 spiro atoms. The Labute approximate surface area is 89.6 Å². The predicted molar refractivity (Wildman–Crippen MR) is 61.1 cm³/mol. The number of hydrogen-bond acceptors (Lipinski definition) is 4. The molecule has 0 aromatic heterocycles. The zero-order valence-electron chi connectivity index (χ0n) is 9.28. The van der Waals surface area contributed by atoms with Gasteiger partial charge in [-0.3, -0.25) is 4.79 Å². The van der Waals surface area contributed by atoms with E-state index in [9.17, 15) is 4.79 Å². The molecular formula is C11H16N2O2. The molecule has 4 nitrogen and oxygen atoms in total. The first-order valence-corrected chi connectivity index (χ1v) is 4.82. The summed E-state index contributed by atoms with van der Waals surface area (Å²) in [5.41, 5.74) is 7.28. The van der Waals surface area contributed by atoms with E-state index in [0.29, 0.717) is 17.9 Å². The van der Waals surface area contributed by atoms with Gasteiger partial charge in [-0.25, -0.2) is 0 Å². The molecule has 0 radical (unpaired) electrons. The molecule has 1 rings (SSSR count). The fourth-order valence-corrected chi connectivity index (χ4v) is 1.18. The number of carbonyl (C=O) groups is 1. The SMILES string of the molecule is CCC(=O)Oc1ccc(N)c(N(C)C)c1. The molecule has 0 unspecified atom stereocenters. The van der Waals surface area contributed by atoms with Gasteiger partial charge in [0.1, 0.15) is 5.75 Å². The highest BCUT2D eigenvalue weighted by Crippen LogP contribution is 2.26. The van der Waals surface area contributed by atoms with E-state index in [1.165, 1.54) is 0 Å². The molecule has 15 heavy (non-hydrogen) atoms. The van der Waals surface area contributed by atoms with Crippen LogP contribution in [0.3, 0.4) is 0 Å². The van der Waals surface area contributed by atoms with Gasteiger partial charge in [0.15, 0.2) is 0 Å². The lowest BCUT2D eigenvalue weighted by Crippen LogP contribution is -2.12. The third-order valence-corrected chi connectivity index (χ3v) is 2.00. The van der Waals surface area contributed by atoms with Crippen LogP contribution in [0.2, 0.25) is 0 Å². The van der Waals surface area contributed by atoms with E-state index in [2.05, 4.69) is 0 Å². The predicted octanol–water partition coefficient (Wildman–Crippen LogP) is 1.65. The summed E-state index contributed by atoms with van der Waals surface area (Å²) >= 11 is 0. The number of nitrogens with two attached hydrogens (primary N) is 1. The molecule has 0 aliphatic rings. The van der Waals surface area contributed by atoms with Crippen LogP contribution in [0.4, 0.5) is 11.4 Å². The number of rotatable bonds is 3. The Morgan fingerprint density at radius 2 is 2.13 bits per heavy atom. The van der Waals surface area contributed by atoms with Crippen molar-refractivity contribution >= 4 is 17.3 Å². The van der Waals surface area contributed by atoms with Crippen LogP contribution in [0.5, 0.6) is 5.75 Å². The van der Waals surface area contributed by atoms with Gasteiger partial charge in [-0.2, -0.15) is 0 Å². The van der Waals surface area contributed by atoms with Crippen LogP contribution in [0.15, 0.2) is 18.2 Å². The van der Waals surface area contributed by atoms with E-state index < -0.39 is 0 Å². The molecular weight excluding hydrogens is 192 g/mol. The summed E-state index contributed by atoms with van der Waals surface area (Å²) in [6, 6.07) is 5.17. The number of nitrogens with zero attached hydrogens (tertiary/aromatic N) is 1. The highest BCUT2D eigenvalue weighted by atomic mass is 16.5. The zero-order chi connectivity index (χ0) is 11.4. The minimum atomic E-state index is -0.246. The number of ether oxygens (including phenoxy) is 1. The standard InChI is InChI=1S/C11H16N2O2/c1-4-11(14)15-8-5-6-9(12)10(7-8)13(2)3/h5-7H,4,12H2,1-3H3. The van der Waals surface area contributed by atoms with Gasteiger partial charge in [-0.05, 0) is 12.1 Å². The lowest BCUT2D eigenvalue weighted by Gasteiger charge is -2.16. The van der Waals surface area contributed by atoms with Crippen LogP contribution in [0.1, 0.15) is 13.3 Å². The van der Waals surface area contributed by atoms with Crippen molar-refractivity contribution in [3.05, 3.63) is 18.2 Å². The maximum Gasteiger partial charge on any atom is 0.310 e.